The Balaban J connectivity index is 1.99. The van der Waals surface area contributed by atoms with Crippen molar-refractivity contribution >= 4 is 5.82 Å². The molecule has 1 aliphatic rings. The molecule has 1 aromatic heterocycles. The van der Waals surface area contributed by atoms with E-state index in [0.717, 1.165) is 18.7 Å². The first-order valence-electron chi connectivity index (χ1n) is 5.99. The first kappa shape index (κ1) is 12.1. The molecule has 1 aromatic rings. The molecular formula is C12H19N3O2. The summed E-state index contributed by atoms with van der Waals surface area (Å²) in [5.41, 5.74) is 0. The van der Waals surface area contributed by atoms with Gasteiger partial charge in [-0.3, -0.25) is 4.98 Å². The lowest BCUT2D eigenvalue weighted by atomic mass is 10.0. The maximum absolute atomic E-state index is 5.85. The van der Waals surface area contributed by atoms with E-state index >= 15 is 0 Å². The maximum Gasteiger partial charge on any atom is 0.234 e. The number of anilines is 1. The molecule has 94 valence electrons. The molecule has 5 heteroatoms. The van der Waals surface area contributed by atoms with E-state index in [-0.39, 0.29) is 18.3 Å². The minimum atomic E-state index is 0.162. The molecule has 1 fully saturated rings. The van der Waals surface area contributed by atoms with Gasteiger partial charge < -0.3 is 14.8 Å². The van der Waals surface area contributed by atoms with Gasteiger partial charge in [-0.25, -0.2) is 0 Å². The molecule has 0 saturated carbocycles. The van der Waals surface area contributed by atoms with Crippen LogP contribution in [-0.4, -0.2) is 35.3 Å². The van der Waals surface area contributed by atoms with E-state index in [1.165, 1.54) is 0 Å². The average molecular weight is 237 g/mol. The molecule has 2 atom stereocenters. The summed E-state index contributed by atoms with van der Waals surface area (Å²) < 4.78 is 11.5. The topological polar surface area (TPSA) is 56.3 Å². The third-order valence-corrected chi connectivity index (χ3v) is 2.81. The zero-order valence-electron chi connectivity index (χ0n) is 10.5. The summed E-state index contributed by atoms with van der Waals surface area (Å²) in [6, 6.07) is 0. The van der Waals surface area contributed by atoms with E-state index in [1.807, 2.05) is 7.05 Å². The number of ether oxygens (including phenoxy) is 2. The van der Waals surface area contributed by atoms with Crippen molar-refractivity contribution in [3.8, 4) is 5.88 Å². The van der Waals surface area contributed by atoms with Gasteiger partial charge in [0.05, 0.1) is 24.6 Å². The molecule has 2 heterocycles. The Bertz CT molecular complexity index is 363. The van der Waals surface area contributed by atoms with Crippen LogP contribution in [0.3, 0.4) is 0 Å². The van der Waals surface area contributed by atoms with Crippen LogP contribution in [-0.2, 0) is 4.74 Å². The fourth-order valence-electron chi connectivity index (χ4n) is 2.14. The van der Waals surface area contributed by atoms with Gasteiger partial charge in [0.1, 0.15) is 11.9 Å². The van der Waals surface area contributed by atoms with Crippen molar-refractivity contribution in [3.05, 3.63) is 12.4 Å². The Morgan fingerprint density at radius 2 is 2.00 bits per heavy atom. The van der Waals surface area contributed by atoms with Gasteiger partial charge in [0.25, 0.3) is 0 Å². The highest BCUT2D eigenvalue weighted by atomic mass is 16.5. The molecule has 0 spiro atoms. The summed E-state index contributed by atoms with van der Waals surface area (Å²) in [6.45, 7) is 4.14. The molecule has 0 aliphatic carbocycles. The van der Waals surface area contributed by atoms with Crippen molar-refractivity contribution < 1.29 is 9.47 Å². The van der Waals surface area contributed by atoms with Crippen LogP contribution in [0.5, 0.6) is 5.88 Å². The number of hydrogen-bond donors (Lipinski definition) is 1. The maximum atomic E-state index is 5.85. The summed E-state index contributed by atoms with van der Waals surface area (Å²) in [5, 5.41) is 2.94. The van der Waals surface area contributed by atoms with Crippen molar-refractivity contribution in [1.29, 1.82) is 0 Å². The molecule has 0 radical (unpaired) electrons. The van der Waals surface area contributed by atoms with Gasteiger partial charge in [-0.15, -0.1) is 0 Å². The predicted octanol–water partition coefficient (Wildman–Crippen LogP) is 1.85. The van der Waals surface area contributed by atoms with Crippen molar-refractivity contribution in [3.63, 3.8) is 0 Å². The Kier molecular flexibility index (Phi) is 3.78. The van der Waals surface area contributed by atoms with E-state index in [2.05, 4.69) is 29.1 Å². The van der Waals surface area contributed by atoms with Gasteiger partial charge >= 0.3 is 0 Å². The summed E-state index contributed by atoms with van der Waals surface area (Å²) in [4.78, 5) is 8.38. The van der Waals surface area contributed by atoms with E-state index < -0.39 is 0 Å². The van der Waals surface area contributed by atoms with Crippen molar-refractivity contribution in [2.24, 2.45) is 0 Å². The summed E-state index contributed by atoms with van der Waals surface area (Å²) >= 11 is 0. The molecule has 1 saturated heterocycles. The number of hydrogen-bond acceptors (Lipinski definition) is 5. The Hall–Kier alpha value is -1.36. The molecule has 0 bridgehead atoms. The van der Waals surface area contributed by atoms with Crippen LogP contribution in [0.25, 0.3) is 0 Å². The van der Waals surface area contributed by atoms with Gasteiger partial charge in [0, 0.05) is 19.9 Å². The fourth-order valence-corrected chi connectivity index (χ4v) is 2.14. The van der Waals surface area contributed by atoms with Crippen molar-refractivity contribution in [2.75, 3.05) is 12.4 Å². The zero-order valence-corrected chi connectivity index (χ0v) is 10.5. The van der Waals surface area contributed by atoms with E-state index in [4.69, 9.17) is 9.47 Å². The molecule has 5 nitrogen and oxygen atoms in total. The lowest BCUT2D eigenvalue weighted by molar-refractivity contribution is -0.0730. The normalized spacial score (nSPS) is 28.8. The Labute approximate surface area is 102 Å². The quantitative estimate of drug-likeness (QED) is 0.869. The van der Waals surface area contributed by atoms with Gasteiger partial charge in [0.2, 0.25) is 5.88 Å². The lowest BCUT2D eigenvalue weighted by Crippen LogP contribution is -2.35. The smallest absolute Gasteiger partial charge is 0.234 e. The molecule has 1 aliphatic heterocycles. The van der Waals surface area contributed by atoms with Gasteiger partial charge in [-0.05, 0) is 13.8 Å². The largest absolute Gasteiger partial charge is 0.473 e. The SMILES string of the molecule is CNc1cncc(OC2CC(C)OC(C)C2)n1. The highest BCUT2D eigenvalue weighted by Crippen LogP contribution is 2.23. The van der Waals surface area contributed by atoms with Crippen molar-refractivity contribution in [1.82, 2.24) is 9.97 Å². The molecule has 2 rings (SSSR count). The van der Waals surface area contributed by atoms with Crippen LogP contribution in [0.4, 0.5) is 5.82 Å². The summed E-state index contributed by atoms with van der Waals surface area (Å²) in [6.07, 6.45) is 5.75. The highest BCUT2D eigenvalue weighted by Gasteiger charge is 2.26. The average Bonchev–Trinajstić information content (AvgIpc) is 2.28. The fraction of sp³-hybridized carbons (Fsp3) is 0.667. The van der Waals surface area contributed by atoms with Gasteiger partial charge in [0.15, 0.2) is 0 Å². The lowest BCUT2D eigenvalue weighted by Gasteiger charge is -2.31. The molecule has 0 amide bonds. The van der Waals surface area contributed by atoms with E-state index in [1.54, 1.807) is 12.4 Å². The second-order valence-corrected chi connectivity index (χ2v) is 4.46. The van der Waals surface area contributed by atoms with Gasteiger partial charge in [-0.1, -0.05) is 0 Å². The molecule has 2 unspecified atom stereocenters. The second-order valence-electron chi connectivity index (χ2n) is 4.46. The zero-order chi connectivity index (χ0) is 12.3. The molecule has 17 heavy (non-hydrogen) atoms. The second kappa shape index (κ2) is 5.31. The molecule has 1 N–H and O–H groups in total. The Morgan fingerprint density at radius 1 is 1.29 bits per heavy atom. The molecular weight excluding hydrogens is 218 g/mol. The summed E-state index contributed by atoms with van der Waals surface area (Å²) in [5.74, 6) is 1.29. The summed E-state index contributed by atoms with van der Waals surface area (Å²) in [7, 11) is 1.81. The predicted molar refractivity (Wildman–Crippen MR) is 65.2 cm³/mol. The van der Waals surface area contributed by atoms with Crippen LogP contribution in [0.2, 0.25) is 0 Å². The third kappa shape index (κ3) is 3.30. The van der Waals surface area contributed by atoms with Crippen LogP contribution >= 0.6 is 0 Å². The minimum absolute atomic E-state index is 0.162. The number of aromatic nitrogens is 2. The monoisotopic (exact) mass is 237 g/mol. The molecule has 0 aromatic carbocycles. The highest BCUT2D eigenvalue weighted by molar-refractivity contribution is 5.31. The van der Waals surface area contributed by atoms with E-state index in [9.17, 15) is 0 Å². The first-order valence-corrected chi connectivity index (χ1v) is 5.99. The van der Waals surface area contributed by atoms with Crippen LogP contribution in [0, 0.1) is 0 Å². The van der Waals surface area contributed by atoms with Crippen LogP contribution < -0.4 is 10.1 Å². The van der Waals surface area contributed by atoms with Crippen LogP contribution in [0.15, 0.2) is 12.4 Å². The first-order chi connectivity index (χ1) is 8.17. The van der Waals surface area contributed by atoms with Gasteiger partial charge in [-0.2, -0.15) is 4.98 Å². The third-order valence-electron chi connectivity index (χ3n) is 2.81. The van der Waals surface area contributed by atoms with Crippen LogP contribution in [0.1, 0.15) is 26.7 Å². The standard InChI is InChI=1S/C12H19N3O2/c1-8-4-10(5-9(2)16-8)17-12-7-14-6-11(13-3)15-12/h6-10H,4-5H2,1-3H3,(H,13,15). The van der Waals surface area contributed by atoms with Crippen molar-refractivity contribution in [2.45, 2.75) is 45.0 Å². The Morgan fingerprint density at radius 3 is 2.65 bits per heavy atom. The minimum Gasteiger partial charge on any atom is -0.473 e. The number of nitrogens with one attached hydrogen (secondary N) is 1. The number of rotatable bonds is 3. The number of nitrogens with zero attached hydrogens (tertiary/aromatic N) is 2. The van der Waals surface area contributed by atoms with E-state index in [0.29, 0.717) is 5.88 Å².